The third-order valence-electron chi connectivity index (χ3n) is 1.95. The minimum Gasteiger partial charge on any atom is -0.467 e. The first kappa shape index (κ1) is 10.7. The number of ether oxygens (including phenoxy) is 1. The first-order chi connectivity index (χ1) is 6.56. The Kier molecular flexibility index (Phi) is 3.19. The Hall–Kier alpha value is -1.42. The van der Waals surface area contributed by atoms with Crippen molar-refractivity contribution in [3.8, 4) is 0 Å². The molecule has 14 heavy (non-hydrogen) atoms. The molecule has 0 aliphatic rings. The normalized spacial score (nSPS) is 12.3. The van der Waals surface area contributed by atoms with E-state index in [1.807, 2.05) is 0 Å². The molecule has 1 rings (SSSR count). The minimum absolute atomic E-state index is 0.359. The lowest BCUT2D eigenvalue weighted by Gasteiger charge is -2.11. The van der Waals surface area contributed by atoms with E-state index < -0.39 is 17.9 Å². The predicted octanol–water partition coefficient (Wildman–Crippen LogP) is 1.34. The highest BCUT2D eigenvalue weighted by Gasteiger charge is 2.19. The molecule has 4 heteroatoms. The molecule has 0 saturated carbocycles. The van der Waals surface area contributed by atoms with Crippen molar-refractivity contribution in [2.45, 2.75) is 13.0 Å². The molecular formula is C10H11FO3. The third kappa shape index (κ3) is 2.09. The van der Waals surface area contributed by atoms with Gasteiger partial charge in [0.1, 0.15) is 5.82 Å². The Morgan fingerprint density at radius 1 is 1.57 bits per heavy atom. The van der Waals surface area contributed by atoms with E-state index in [1.54, 1.807) is 6.92 Å². The predicted molar refractivity (Wildman–Crippen MR) is 48.1 cm³/mol. The van der Waals surface area contributed by atoms with Crippen LogP contribution >= 0.6 is 0 Å². The maximum absolute atomic E-state index is 12.7. The zero-order valence-electron chi connectivity index (χ0n) is 7.95. The molecule has 3 nitrogen and oxygen atoms in total. The second-order valence-electron chi connectivity index (χ2n) is 2.93. The molecule has 0 aliphatic heterocycles. The van der Waals surface area contributed by atoms with Crippen molar-refractivity contribution < 1.29 is 19.0 Å². The van der Waals surface area contributed by atoms with Crippen LogP contribution in [0.2, 0.25) is 0 Å². The van der Waals surface area contributed by atoms with Crippen molar-refractivity contribution in [3.05, 3.63) is 35.1 Å². The Morgan fingerprint density at radius 2 is 2.21 bits per heavy atom. The van der Waals surface area contributed by atoms with Crippen molar-refractivity contribution in [1.29, 1.82) is 0 Å². The number of hydrogen-bond donors (Lipinski definition) is 1. The largest absolute Gasteiger partial charge is 0.467 e. The second-order valence-corrected chi connectivity index (χ2v) is 2.93. The van der Waals surface area contributed by atoms with Gasteiger partial charge in [-0.2, -0.15) is 0 Å². The molecule has 0 bridgehead atoms. The molecule has 0 aliphatic carbocycles. The first-order valence-corrected chi connectivity index (χ1v) is 4.08. The zero-order valence-corrected chi connectivity index (χ0v) is 7.95. The van der Waals surface area contributed by atoms with Crippen LogP contribution in [0.15, 0.2) is 18.2 Å². The number of aryl methyl sites for hydroxylation is 1. The fourth-order valence-electron chi connectivity index (χ4n) is 1.18. The lowest BCUT2D eigenvalue weighted by Crippen LogP contribution is -2.14. The van der Waals surface area contributed by atoms with Gasteiger partial charge in [-0.1, -0.05) is 6.07 Å². The highest BCUT2D eigenvalue weighted by Crippen LogP contribution is 2.19. The molecule has 0 heterocycles. The van der Waals surface area contributed by atoms with Gasteiger partial charge >= 0.3 is 5.97 Å². The maximum atomic E-state index is 12.7. The van der Waals surface area contributed by atoms with Crippen LogP contribution in [-0.2, 0) is 9.53 Å². The van der Waals surface area contributed by atoms with Gasteiger partial charge in [0.2, 0.25) is 0 Å². The van der Waals surface area contributed by atoms with Crippen LogP contribution in [0.5, 0.6) is 0 Å². The van der Waals surface area contributed by atoms with E-state index in [4.69, 9.17) is 0 Å². The second kappa shape index (κ2) is 4.19. The molecule has 0 aromatic heterocycles. The van der Waals surface area contributed by atoms with Crippen molar-refractivity contribution >= 4 is 5.97 Å². The fourth-order valence-corrected chi connectivity index (χ4v) is 1.18. The molecule has 1 aromatic rings. The van der Waals surface area contributed by atoms with Crippen LogP contribution < -0.4 is 0 Å². The fraction of sp³-hybridized carbons (Fsp3) is 0.300. The van der Waals surface area contributed by atoms with Gasteiger partial charge in [0.25, 0.3) is 0 Å². The molecular weight excluding hydrogens is 187 g/mol. The summed E-state index contributed by atoms with van der Waals surface area (Å²) >= 11 is 0. The van der Waals surface area contributed by atoms with Crippen LogP contribution in [0, 0.1) is 12.7 Å². The minimum atomic E-state index is -1.35. The number of aliphatic hydroxyl groups is 1. The number of aliphatic hydroxyl groups excluding tert-OH is 1. The highest BCUT2D eigenvalue weighted by molar-refractivity contribution is 5.76. The van der Waals surface area contributed by atoms with Gasteiger partial charge in [-0.3, -0.25) is 0 Å². The zero-order chi connectivity index (χ0) is 10.7. The van der Waals surface area contributed by atoms with Crippen LogP contribution in [0.3, 0.4) is 0 Å². The highest BCUT2D eigenvalue weighted by atomic mass is 19.1. The average Bonchev–Trinajstić information content (AvgIpc) is 2.15. The van der Waals surface area contributed by atoms with Crippen LogP contribution in [0.25, 0.3) is 0 Å². The van der Waals surface area contributed by atoms with Crippen molar-refractivity contribution in [2.24, 2.45) is 0 Å². The lowest BCUT2D eigenvalue weighted by atomic mass is 10.0. The van der Waals surface area contributed by atoms with Gasteiger partial charge in [-0.05, 0) is 30.2 Å². The van der Waals surface area contributed by atoms with Gasteiger partial charge in [0.05, 0.1) is 7.11 Å². The van der Waals surface area contributed by atoms with Crippen molar-refractivity contribution in [3.63, 3.8) is 0 Å². The number of benzene rings is 1. The Morgan fingerprint density at radius 3 is 2.71 bits per heavy atom. The molecule has 76 valence electrons. The summed E-state index contributed by atoms with van der Waals surface area (Å²) in [4.78, 5) is 11.0. The van der Waals surface area contributed by atoms with Gasteiger partial charge in [-0.15, -0.1) is 0 Å². The number of carbonyl (C=O) groups is 1. The van der Waals surface area contributed by atoms with E-state index >= 15 is 0 Å². The summed E-state index contributed by atoms with van der Waals surface area (Å²) < 4.78 is 17.1. The Bertz CT molecular complexity index is 349. The summed E-state index contributed by atoms with van der Waals surface area (Å²) in [6.07, 6.45) is -1.35. The molecule has 0 fully saturated rings. The quantitative estimate of drug-likeness (QED) is 0.729. The van der Waals surface area contributed by atoms with Crippen LogP contribution in [0.4, 0.5) is 4.39 Å². The smallest absolute Gasteiger partial charge is 0.339 e. The molecule has 0 radical (unpaired) electrons. The number of methoxy groups -OCH3 is 1. The van der Waals surface area contributed by atoms with E-state index in [1.165, 1.54) is 25.3 Å². The maximum Gasteiger partial charge on any atom is 0.339 e. The summed E-state index contributed by atoms with van der Waals surface area (Å²) in [5, 5.41) is 9.46. The molecule has 1 N–H and O–H groups in total. The van der Waals surface area contributed by atoms with E-state index in [9.17, 15) is 14.3 Å². The number of halogens is 1. The van der Waals surface area contributed by atoms with E-state index in [0.717, 1.165) is 0 Å². The average molecular weight is 198 g/mol. The SMILES string of the molecule is COC(=O)C(O)c1ccc(F)cc1C. The van der Waals surface area contributed by atoms with Gasteiger partial charge in [0, 0.05) is 0 Å². The number of esters is 1. The van der Waals surface area contributed by atoms with Gasteiger partial charge in [0.15, 0.2) is 6.10 Å². The van der Waals surface area contributed by atoms with Crippen molar-refractivity contribution in [2.75, 3.05) is 7.11 Å². The molecule has 1 atom stereocenters. The van der Waals surface area contributed by atoms with Gasteiger partial charge in [-0.25, -0.2) is 9.18 Å². The van der Waals surface area contributed by atoms with Crippen LogP contribution in [0.1, 0.15) is 17.2 Å². The summed E-state index contributed by atoms with van der Waals surface area (Å²) in [7, 11) is 1.18. The third-order valence-corrected chi connectivity index (χ3v) is 1.95. The Balaban J connectivity index is 3.01. The first-order valence-electron chi connectivity index (χ1n) is 4.08. The molecule has 0 amide bonds. The summed E-state index contributed by atoms with van der Waals surface area (Å²) in [5.74, 6) is -1.15. The van der Waals surface area contributed by atoms with Gasteiger partial charge < -0.3 is 9.84 Å². The molecule has 0 saturated heterocycles. The summed E-state index contributed by atoms with van der Waals surface area (Å²) in [6, 6.07) is 3.81. The topological polar surface area (TPSA) is 46.5 Å². The summed E-state index contributed by atoms with van der Waals surface area (Å²) in [5.41, 5.74) is 0.876. The standard InChI is InChI=1S/C10H11FO3/c1-6-5-7(11)3-4-8(6)9(12)10(13)14-2/h3-5,9,12H,1-2H3. The van der Waals surface area contributed by atoms with E-state index in [0.29, 0.717) is 11.1 Å². The number of rotatable bonds is 2. The molecule has 1 aromatic carbocycles. The monoisotopic (exact) mass is 198 g/mol. The lowest BCUT2D eigenvalue weighted by molar-refractivity contribution is -0.150. The molecule has 0 spiro atoms. The van der Waals surface area contributed by atoms with Crippen molar-refractivity contribution in [1.82, 2.24) is 0 Å². The summed E-state index contributed by atoms with van der Waals surface area (Å²) in [6.45, 7) is 1.62. The Labute approximate surface area is 81.1 Å². The van der Waals surface area contributed by atoms with E-state index in [2.05, 4.69) is 4.74 Å². The number of carbonyl (C=O) groups excluding carboxylic acids is 1. The molecule has 1 unspecified atom stereocenters. The number of hydrogen-bond acceptors (Lipinski definition) is 3. The van der Waals surface area contributed by atoms with E-state index in [-0.39, 0.29) is 0 Å². The van der Waals surface area contributed by atoms with Crippen LogP contribution in [-0.4, -0.2) is 18.2 Å².